The van der Waals surface area contributed by atoms with Gasteiger partial charge in [0.25, 0.3) is 0 Å². The molecule has 32 heavy (non-hydrogen) atoms. The Balaban J connectivity index is 0.00000363. The van der Waals surface area contributed by atoms with Crippen LogP contribution in [-0.4, -0.2) is 72.9 Å². The number of guanidine groups is 1. The van der Waals surface area contributed by atoms with Gasteiger partial charge in [-0.25, -0.2) is 0 Å². The quantitative estimate of drug-likeness (QED) is 0.231. The number of amides is 1. The van der Waals surface area contributed by atoms with Crippen molar-refractivity contribution in [3.63, 3.8) is 0 Å². The zero-order chi connectivity index (χ0) is 22.2. The van der Waals surface area contributed by atoms with E-state index in [4.69, 9.17) is 11.6 Å². The standard InChI is InChI=1S/C22H32ClN7O.HI/c1-17-15-18(2)30(27-17)10-4-9-25-22(24-3)26-16-21(31)29-13-11-28(12-14-29)20-7-5-19(23)6-8-20;/h5-8,15H,4,9-14,16H2,1-3H3,(H2,24,25,26);1H. The highest BCUT2D eigenvalue weighted by Crippen LogP contribution is 2.19. The van der Waals surface area contributed by atoms with Crippen LogP contribution in [0.3, 0.4) is 0 Å². The minimum atomic E-state index is 0. The molecule has 10 heteroatoms. The Labute approximate surface area is 212 Å². The predicted molar refractivity (Wildman–Crippen MR) is 141 cm³/mol. The first kappa shape index (κ1) is 26.2. The zero-order valence-electron chi connectivity index (χ0n) is 19.0. The van der Waals surface area contributed by atoms with Crippen molar-refractivity contribution in [3.8, 4) is 0 Å². The highest BCUT2D eigenvalue weighted by molar-refractivity contribution is 14.0. The normalized spacial score (nSPS) is 14.2. The molecule has 0 saturated carbocycles. The third-order valence-electron chi connectivity index (χ3n) is 5.40. The van der Waals surface area contributed by atoms with Crippen molar-refractivity contribution >= 4 is 53.1 Å². The van der Waals surface area contributed by atoms with Gasteiger partial charge in [0.1, 0.15) is 0 Å². The van der Waals surface area contributed by atoms with Crippen LogP contribution < -0.4 is 15.5 Å². The van der Waals surface area contributed by atoms with E-state index >= 15 is 0 Å². The molecule has 1 aromatic carbocycles. The number of carbonyl (C=O) groups is 1. The molecule has 0 bridgehead atoms. The van der Waals surface area contributed by atoms with Crippen LogP contribution in [0, 0.1) is 13.8 Å². The molecule has 1 aromatic heterocycles. The number of aliphatic imine (C=N–C) groups is 1. The highest BCUT2D eigenvalue weighted by atomic mass is 127. The predicted octanol–water partition coefficient (Wildman–Crippen LogP) is 2.68. The maximum atomic E-state index is 12.6. The van der Waals surface area contributed by atoms with Crippen molar-refractivity contribution in [2.24, 2.45) is 4.99 Å². The molecule has 8 nitrogen and oxygen atoms in total. The maximum Gasteiger partial charge on any atom is 0.242 e. The summed E-state index contributed by atoms with van der Waals surface area (Å²) in [6, 6.07) is 9.91. The molecule has 1 aliphatic rings. The fourth-order valence-corrected chi connectivity index (χ4v) is 3.82. The second-order valence-electron chi connectivity index (χ2n) is 7.70. The Kier molecular flexibility index (Phi) is 10.6. The van der Waals surface area contributed by atoms with Crippen LogP contribution in [0.1, 0.15) is 17.8 Å². The Morgan fingerprint density at radius 2 is 1.81 bits per heavy atom. The molecule has 3 rings (SSSR count). The van der Waals surface area contributed by atoms with Gasteiger partial charge in [-0.3, -0.25) is 14.5 Å². The average molecular weight is 574 g/mol. The van der Waals surface area contributed by atoms with Crippen LogP contribution in [0.25, 0.3) is 0 Å². The molecule has 2 N–H and O–H groups in total. The number of aryl methyl sites for hydroxylation is 3. The van der Waals surface area contributed by atoms with Crippen molar-refractivity contribution in [1.82, 2.24) is 25.3 Å². The van der Waals surface area contributed by atoms with Crippen LogP contribution in [0.15, 0.2) is 35.3 Å². The minimum Gasteiger partial charge on any atom is -0.368 e. The van der Waals surface area contributed by atoms with Crippen LogP contribution >= 0.6 is 35.6 Å². The third-order valence-corrected chi connectivity index (χ3v) is 5.65. The Bertz CT molecular complexity index is 892. The summed E-state index contributed by atoms with van der Waals surface area (Å²) in [4.78, 5) is 21.0. The van der Waals surface area contributed by atoms with Gasteiger partial charge in [0.05, 0.1) is 12.2 Å². The lowest BCUT2D eigenvalue weighted by atomic mass is 10.2. The number of nitrogens with zero attached hydrogens (tertiary/aromatic N) is 5. The monoisotopic (exact) mass is 573 g/mol. The summed E-state index contributed by atoms with van der Waals surface area (Å²) >= 11 is 5.97. The summed E-state index contributed by atoms with van der Waals surface area (Å²) in [5, 5.41) is 11.6. The summed E-state index contributed by atoms with van der Waals surface area (Å²) < 4.78 is 2.01. The van der Waals surface area contributed by atoms with E-state index in [2.05, 4.69) is 38.6 Å². The van der Waals surface area contributed by atoms with Crippen molar-refractivity contribution in [2.45, 2.75) is 26.8 Å². The van der Waals surface area contributed by atoms with E-state index in [9.17, 15) is 4.79 Å². The molecule has 0 spiro atoms. The lowest BCUT2D eigenvalue weighted by Gasteiger charge is -2.36. The van der Waals surface area contributed by atoms with Gasteiger partial charge in [-0.2, -0.15) is 5.10 Å². The number of piperazine rings is 1. The second kappa shape index (κ2) is 12.9. The number of anilines is 1. The van der Waals surface area contributed by atoms with E-state index in [0.717, 1.165) is 49.0 Å². The topological polar surface area (TPSA) is 77.8 Å². The van der Waals surface area contributed by atoms with Crippen LogP contribution in [0.2, 0.25) is 5.02 Å². The summed E-state index contributed by atoms with van der Waals surface area (Å²) in [7, 11) is 1.71. The average Bonchev–Trinajstić information content (AvgIpc) is 3.10. The van der Waals surface area contributed by atoms with E-state index < -0.39 is 0 Å². The molecular weight excluding hydrogens is 541 g/mol. The minimum absolute atomic E-state index is 0. The fourth-order valence-electron chi connectivity index (χ4n) is 3.69. The van der Waals surface area contributed by atoms with Crippen molar-refractivity contribution in [2.75, 3.05) is 51.2 Å². The Morgan fingerprint density at radius 3 is 2.41 bits per heavy atom. The van der Waals surface area contributed by atoms with Crippen molar-refractivity contribution in [3.05, 3.63) is 46.7 Å². The van der Waals surface area contributed by atoms with Gasteiger partial charge in [-0.15, -0.1) is 24.0 Å². The molecule has 0 radical (unpaired) electrons. The number of aromatic nitrogens is 2. The van der Waals surface area contributed by atoms with Gasteiger partial charge in [-0.1, -0.05) is 11.6 Å². The number of hydrogen-bond acceptors (Lipinski definition) is 4. The molecule has 1 saturated heterocycles. The van der Waals surface area contributed by atoms with Gasteiger partial charge >= 0.3 is 0 Å². The van der Waals surface area contributed by atoms with E-state index in [0.29, 0.717) is 19.0 Å². The molecular formula is C22H33ClIN7O. The SMILES string of the molecule is CN=C(NCCCn1nc(C)cc1C)NCC(=O)N1CCN(c2ccc(Cl)cc2)CC1.I. The van der Waals surface area contributed by atoms with Crippen LogP contribution in [0.4, 0.5) is 5.69 Å². The number of rotatable bonds is 7. The zero-order valence-corrected chi connectivity index (χ0v) is 22.1. The number of benzene rings is 1. The fraction of sp³-hybridized carbons (Fsp3) is 0.500. The molecule has 0 aliphatic carbocycles. The van der Waals surface area contributed by atoms with E-state index in [-0.39, 0.29) is 36.4 Å². The van der Waals surface area contributed by atoms with Gasteiger partial charge in [0.2, 0.25) is 5.91 Å². The van der Waals surface area contributed by atoms with Gasteiger partial charge < -0.3 is 20.4 Å². The molecule has 1 fully saturated rings. The van der Waals surface area contributed by atoms with Crippen LogP contribution in [-0.2, 0) is 11.3 Å². The summed E-state index contributed by atoms with van der Waals surface area (Å²) in [6.45, 7) is 8.94. The summed E-state index contributed by atoms with van der Waals surface area (Å²) in [6.07, 6.45) is 0.920. The van der Waals surface area contributed by atoms with Gasteiger partial charge in [0.15, 0.2) is 5.96 Å². The second-order valence-corrected chi connectivity index (χ2v) is 8.14. The van der Waals surface area contributed by atoms with Crippen molar-refractivity contribution in [1.29, 1.82) is 0 Å². The molecule has 1 aliphatic heterocycles. The van der Waals surface area contributed by atoms with E-state index in [1.54, 1.807) is 7.05 Å². The summed E-state index contributed by atoms with van der Waals surface area (Å²) in [5.41, 5.74) is 3.34. The maximum absolute atomic E-state index is 12.6. The molecule has 0 unspecified atom stereocenters. The van der Waals surface area contributed by atoms with E-state index in [1.807, 2.05) is 40.8 Å². The molecule has 0 atom stereocenters. The molecule has 176 valence electrons. The van der Waals surface area contributed by atoms with Crippen molar-refractivity contribution < 1.29 is 4.79 Å². The molecule has 2 aromatic rings. The largest absolute Gasteiger partial charge is 0.368 e. The Hall–Kier alpha value is -2.01. The number of nitrogens with one attached hydrogen (secondary N) is 2. The number of halogens is 2. The smallest absolute Gasteiger partial charge is 0.242 e. The lowest BCUT2D eigenvalue weighted by molar-refractivity contribution is -0.130. The molecule has 2 heterocycles. The number of carbonyl (C=O) groups excluding carboxylic acids is 1. The number of hydrogen-bond donors (Lipinski definition) is 2. The first-order valence-corrected chi connectivity index (χ1v) is 11.1. The first-order chi connectivity index (χ1) is 15.0. The first-order valence-electron chi connectivity index (χ1n) is 10.7. The molecule has 1 amide bonds. The van der Waals surface area contributed by atoms with Gasteiger partial charge in [0, 0.05) is 62.7 Å². The lowest BCUT2D eigenvalue weighted by Crippen LogP contribution is -2.52. The van der Waals surface area contributed by atoms with Crippen LogP contribution in [0.5, 0.6) is 0 Å². The Morgan fingerprint density at radius 1 is 1.12 bits per heavy atom. The van der Waals surface area contributed by atoms with E-state index in [1.165, 1.54) is 5.69 Å². The van der Waals surface area contributed by atoms with Gasteiger partial charge in [-0.05, 0) is 50.6 Å². The summed E-state index contributed by atoms with van der Waals surface area (Å²) in [5.74, 6) is 0.725. The highest BCUT2D eigenvalue weighted by Gasteiger charge is 2.21. The third kappa shape index (κ3) is 7.54.